The molecular weight excluding hydrogens is 297 g/mol. The van der Waals surface area contributed by atoms with E-state index in [9.17, 15) is 4.39 Å². The smallest absolute Gasteiger partial charge is 0.139 e. The molecule has 1 atom stereocenters. The van der Waals surface area contributed by atoms with E-state index >= 15 is 0 Å². The number of likely N-dealkylation sites (N-methyl/N-ethyl adjacent to an activating group) is 1. The molecule has 1 aromatic rings. The maximum absolute atomic E-state index is 13.5. The standard InChI is InChI=1S/C13H21BrFN3/c1-8(2)13(7-18(3)4)17-12-6-10(15)9(14)5-11(12)16/h5-6,8,13,17H,7,16H2,1-4H3. The van der Waals surface area contributed by atoms with Crippen molar-refractivity contribution in [2.75, 3.05) is 31.7 Å². The number of halogens is 2. The number of rotatable bonds is 5. The first-order chi connectivity index (χ1) is 8.31. The highest BCUT2D eigenvalue weighted by atomic mass is 79.9. The summed E-state index contributed by atoms with van der Waals surface area (Å²) in [6.45, 7) is 5.13. The van der Waals surface area contributed by atoms with Crippen LogP contribution in [0.15, 0.2) is 16.6 Å². The number of hydrogen-bond donors (Lipinski definition) is 2. The van der Waals surface area contributed by atoms with Gasteiger partial charge in [-0.05, 0) is 42.0 Å². The summed E-state index contributed by atoms with van der Waals surface area (Å²) in [4.78, 5) is 2.10. The molecule has 0 fully saturated rings. The van der Waals surface area contributed by atoms with Crippen LogP contribution in [0.4, 0.5) is 15.8 Å². The zero-order valence-electron chi connectivity index (χ0n) is 11.3. The Morgan fingerprint density at radius 2 is 2.00 bits per heavy atom. The van der Waals surface area contributed by atoms with E-state index in [2.05, 4.69) is 40.0 Å². The number of hydrogen-bond acceptors (Lipinski definition) is 3. The number of nitrogens with two attached hydrogens (primary N) is 1. The number of anilines is 2. The van der Waals surface area contributed by atoms with Gasteiger partial charge < -0.3 is 16.0 Å². The highest BCUT2D eigenvalue weighted by molar-refractivity contribution is 9.10. The summed E-state index contributed by atoms with van der Waals surface area (Å²) in [5, 5.41) is 3.32. The molecular formula is C13H21BrFN3. The van der Waals surface area contributed by atoms with Crippen molar-refractivity contribution in [3.63, 3.8) is 0 Å². The second kappa shape index (κ2) is 6.38. The van der Waals surface area contributed by atoms with E-state index in [4.69, 9.17) is 5.73 Å². The lowest BCUT2D eigenvalue weighted by Crippen LogP contribution is -2.36. The number of nitrogen functional groups attached to an aromatic ring is 1. The SMILES string of the molecule is CC(C)C(CN(C)C)Nc1cc(F)c(Br)cc1N. The maximum atomic E-state index is 13.5. The summed E-state index contributed by atoms with van der Waals surface area (Å²) in [6.07, 6.45) is 0. The molecule has 1 aromatic carbocycles. The minimum absolute atomic E-state index is 0.225. The first-order valence-corrected chi connectivity index (χ1v) is 6.76. The first kappa shape index (κ1) is 15.2. The van der Waals surface area contributed by atoms with E-state index in [1.807, 2.05) is 14.1 Å². The monoisotopic (exact) mass is 317 g/mol. The van der Waals surface area contributed by atoms with Gasteiger partial charge >= 0.3 is 0 Å². The van der Waals surface area contributed by atoms with E-state index < -0.39 is 0 Å². The van der Waals surface area contributed by atoms with Gasteiger partial charge in [0.15, 0.2) is 0 Å². The molecule has 5 heteroatoms. The van der Waals surface area contributed by atoms with Crippen LogP contribution in [0.2, 0.25) is 0 Å². The summed E-state index contributed by atoms with van der Waals surface area (Å²) in [7, 11) is 4.03. The Morgan fingerprint density at radius 1 is 1.39 bits per heavy atom. The van der Waals surface area contributed by atoms with Gasteiger partial charge in [0, 0.05) is 18.7 Å². The fourth-order valence-corrected chi connectivity index (χ4v) is 2.06. The molecule has 3 N–H and O–H groups in total. The Balaban J connectivity index is 2.90. The zero-order valence-corrected chi connectivity index (χ0v) is 12.9. The van der Waals surface area contributed by atoms with Crippen LogP contribution >= 0.6 is 15.9 Å². The van der Waals surface area contributed by atoms with Crippen molar-refractivity contribution in [3.8, 4) is 0 Å². The Kier molecular flexibility index (Phi) is 5.41. The molecule has 1 rings (SSSR count). The maximum Gasteiger partial charge on any atom is 0.139 e. The van der Waals surface area contributed by atoms with Crippen molar-refractivity contribution in [1.29, 1.82) is 0 Å². The fraction of sp³-hybridized carbons (Fsp3) is 0.538. The Bertz CT molecular complexity index is 407. The van der Waals surface area contributed by atoms with E-state index in [0.717, 1.165) is 6.54 Å². The van der Waals surface area contributed by atoms with E-state index in [1.165, 1.54) is 6.07 Å². The zero-order chi connectivity index (χ0) is 13.9. The predicted molar refractivity (Wildman–Crippen MR) is 79.3 cm³/mol. The van der Waals surface area contributed by atoms with Crippen LogP contribution in [0.25, 0.3) is 0 Å². The Labute approximate surface area is 117 Å². The lowest BCUT2D eigenvalue weighted by Gasteiger charge is -2.27. The van der Waals surface area contributed by atoms with Crippen LogP contribution in [-0.4, -0.2) is 31.6 Å². The normalized spacial score (nSPS) is 13.1. The molecule has 3 nitrogen and oxygen atoms in total. The van der Waals surface area contributed by atoms with Crippen LogP contribution < -0.4 is 11.1 Å². The molecule has 0 heterocycles. The average Bonchev–Trinajstić information content (AvgIpc) is 2.23. The van der Waals surface area contributed by atoms with Crippen LogP contribution in [-0.2, 0) is 0 Å². The summed E-state index contributed by atoms with van der Waals surface area (Å²) in [5.41, 5.74) is 7.09. The molecule has 0 radical (unpaired) electrons. The topological polar surface area (TPSA) is 41.3 Å². The van der Waals surface area contributed by atoms with Gasteiger partial charge in [-0.3, -0.25) is 0 Å². The number of benzene rings is 1. The number of nitrogens with one attached hydrogen (secondary N) is 1. The first-order valence-electron chi connectivity index (χ1n) is 5.97. The largest absolute Gasteiger partial charge is 0.397 e. The van der Waals surface area contributed by atoms with Crippen LogP contribution in [0.3, 0.4) is 0 Å². The van der Waals surface area contributed by atoms with Crippen LogP contribution in [0.5, 0.6) is 0 Å². The summed E-state index contributed by atoms with van der Waals surface area (Å²) >= 11 is 3.12. The van der Waals surface area contributed by atoms with Crippen LogP contribution in [0, 0.1) is 11.7 Å². The van der Waals surface area contributed by atoms with E-state index in [1.54, 1.807) is 6.07 Å². The van der Waals surface area contributed by atoms with Crippen molar-refractivity contribution in [3.05, 3.63) is 22.4 Å². The summed E-state index contributed by atoms with van der Waals surface area (Å²) in [5.74, 6) is 0.123. The molecule has 18 heavy (non-hydrogen) atoms. The summed E-state index contributed by atoms with van der Waals surface area (Å²) < 4.78 is 13.9. The minimum Gasteiger partial charge on any atom is -0.397 e. The summed E-state index contributed by atoms with van der Waals surface area (Å²) in [6, 6.07) is 3.25. The minimum atomic E-state index is -0.306. The molecule has 0 spiro atoms. The van der Waals surface area contributed by atoms with Gasteiger partial charge in [0.1, 0.15) is 5.82 Å². The lowest BCUT2D eigenvalue weighted by atomic mass is 10.0. The quantitative estimate of drug-likeness (QED) is 0.820. The van der Waals surface area contributed by atoms with Gasteiger partial charge in [-0.15, -0.1) is 0 Å². The average molecular weight is 318 g/mol. The van der Waals surface area contributed by atoms with E-state index in [-0.39, 0.29) is 11.9 Å². The highest BCUT2D eigenvalue weighted by Crippen LogP contribution is 2.27. The van der Waals surface area contributed by atoms with Crippen molar-refractivity contribution in [2.24, 2.45) is 5.92 Å². The van der Waals surface area contributed by atoms with Crippen molar-refractivity contribution < 1.29 is 4.39 Å². The molecule has 0 saturated carbocycles. The van der Waals surface area contributed by atoms with Gasteiger partial charge in [0.25, 0.3) is 0 Å². The van der Waals surface area contributed by atoms with Crippen molar-refractivity contribution in [2.45, 2.75) is 19.9 Å². The van der Waals surface area contributed by atoms with Crippen molar-refractivity contribution in [1.82, 2.24) is 4.90 Å². The highest BCUT2D eigenvalue weighted by Gasteiger charge is 2.16. The third-order valence-corrected chi connectivity index (χ3v) is 3.41. The van der Waals surface area contributed by atoms with Gasteiger partial charge in [-0.2, -0.15) is 0 Å². The Hall–Kier alpha value is -0.810. The second-order valence-corrected chi connectivity index (χ2v) is 5.96. The van der Waals surface area contributed by atoms with Crippen molar-refractivity contribution >= 4 is 27.3 Å². The van der Waals surface area contributed by atoms with Gasteiger partial charge in [-0.1, -0.05) is 13.8 Å². The molecule has 0 aliphatic heterocycles. The lowest BCUT2D eigenvalue weighted by molar-refractivity contribution is 0.344. The molecule has 0 aliphatic carbocycles. The third kappa shape index (κ3) is 4.14. The van der Waals surface area contributed by atoms with E-state index in [0.29, 0.717) is 21.8 Å². The van der Waals surface area contributed by atoms with Gasteiger partial charge in [-0.25, -0.2) is 4.39 Å². The molecule has 0 aliphatic rings. The molecule has 0 bridgehead atoms. The van der Waals surface area contributed by atoms with Crippen LogP contribution in [0.1, 0.15) is 13.8 Å². The third-order valence-electron chi connectivity index (χ3n) is 2.80. The van der Waals surface area contributed by atoms with Gasteiger partial charge in [0.05, 0.1) is 15.8 Å². The van der Waals surface area contributed by atoms with Gasteiger partial charge in [0.2, 0.25) is 0 Å². The molecule has 0 aromatic heterocycles. The molecule has 1 unspecified atom stereocenters. The Morgan fingerprint density at radius 3 is 2.50 bits per heavy atom. The fourth-order valence-electron chi connectivity index (χ4n) is 1.70. The molecule has 102 valence electrons. The second-order valence-electron chi connectivity index (χ2n) is 5.11. The molecule has 0 amide bonds. The molecule has 0 saturated heterocycles. The predicted octanol–water partition coefficient (Wildman–Crippen LogP) is 3.17. The number of nitrogens with zero attached hydrogens (tertiary/aromatic N) is 1.